The summed E-state index contributed by atoms with van der Waals surface area (Å²) in [4.78, 5) is 26.8. The number of rotatable bonds is 4. The van der Waals surface area contributed by atoms with Crippen molar-refractivity contribution in [2.75, 3.05) is 31.6 Å². The molecule has 0 spiro atoms. The van der Waals surface area contributed by atoms with E-state index in [1.807, 2.05) is 24.3 Å². The number of hydrogen-bond donors (Lipinski definition) is 3. The second-order valence-electron chi connectivity index (χ2n) is 6.20. The van der Waals surface area contributed by atoms with Crippen molar-refractivity contribution >= 4 is 39.1 Å². The number of carbonyl (C=O) groups is 2. The molecule has 26 heavy (non-hydrogen) atoms. The first-order valence-electron chi connectivity index (χ1n) is 8.58. The fourth-order valence-electron chi connectivity index (χ4n) is 3.07. The second-order valence-corrected chi connectivity index (χ2v) is 7.25. The normalized spacial score (nSPS) is 20.2. The van der Waals surface area contributed by atoms with Gasteiger partial charge in [-0.05, 0) is 19.4 Å². The predicted octanol–water partition coefficient (Wildman–Crippen LogP) is 2.29. The number of amides is 2. The van der Waals surface area contributed by atoms with Crippen molar-refractivity contribution in [2.45, 2.75) is 19.4 Å². The van der Waals surface area contributed by atoms with E-state index in [-0.39, 0.29) is 31.7 Å². The van der Waals surface area contributed by atoms with Crippen LogP contribution in [0.1, 0.15) is 23.0 Å². The average molecular weight is 378 g/mol. The SMILES string of the molecule is CCOC(=O)c1sc2ccccc2c1NC(=O)N1CC[C@H](CO)[C@@H](O)C1. The number of aliphatic hydroxyl groups excluding tert-OH is 2. The first-order chi connectivity index (χ1) is 12.5. The number of β-amino-alcohol motifs (C(OH)–C–C–N with tert-alkyl or cyclic N) is 1. The Bertz CT molecular complexity index is 806. The third-order valence-electron chi connectivity index (χ3n) is 4.53. The van der Waals surface area contributed by atoms with E-state index < -0.39 is 12.1 Å². The number of aliphatic hydroxyl groups is 2. The molecule has 1 aromatic carbocycles. The number of nitrogens with one attached hydrogen (secondary N) is 1. The number of carbonyl (C=O) groups excluding carboxylic acids is 2. The van der Waals surface area contributed by atoms with Crippen LogP contribution in [0.3, 0.4) is 0 Å². The molecule has 0 unspecified atom stereocenters. The molecule has 3 N–H and O–H groups in total. The van der Waals surface area contributed by atoms with Crippen molar-refractivity contribution in [3.63, 3.8) is 0 Å². The van der Waals surface area contributed by atoms with Crippen molar-refractivity contribution in [1.82, 2.24) is 4.90 Å². The zero-order valence-corrected chi connectivity index (χ0v) is 15.3. The standard InChI is InChI=1S/C18H22N2O5S/c1-2-25-17(23)16-15(12-5-3-4-6-14(12)26-16)19-18(24)20-8-7-11(10-21)13(22)9-20/h3-6,11,13,21-22H,2,7-10H2,1H3,(H,19,24)/t11-,13+/m1/s1. The number of benzene rings is 1. The topological polar surface area (TPSA) is 99.1 Å². The lowest BCUT2D eigenvalue weighted by atomic mass is 9.95. The van der Waals surface area contributed by atoms with Crippen molar-refractivity contribution in [2.24, 2.45) is 5.92 Å². The van der Waals surface area contributed by atoms with Gasteiger partial charge in [0, 0.05) is 35.7 Å². The number of ether oxygens (including phenoxy) is 1. The number of piperidine rings is 1. The Hall–Kier alpha value is -2.16. The Morgan fingerprint density at radius 3 is 2.85 bits per heavy atom. The lowest BCUT2D eigenvalue weighted by molar-refractivity contribution is 0.0123. The minimum absolute atomic E-state index is 0.0984. The second kappa shape index (κ2) is 8.03. The maximum absolute atomic E-state index is 12.7. The van der Waals surface area contributed by atoms with Crippen LogP contribution in [-0.4, -0.2) is 59.5 Å². The van der Waals surface area contributed by atoms with Crippen LogP contribution < -0.4 is 5.32 Å². The van der Waals surface area contributed by atoms with Gasteiger partial charge in [-0.3, -0.25) is 0 Å². The molecular formula is C18H22N2O5S. The molecule has 8 heteroatoms. The van der Waals surface area contributed by atoms with E-state index in [0.29, 0.717) is 23.5 Å². The van der Waals surface area contributed by atoms with E-state index in [2.05, 4.69) is 5.32 Å². The van der Waals surface area contributed by atoms with Gasteiger partial charge in [0.25, 0.3) is 0 Å². The number of fused-ring (bicyclic) bond motifs is 1. The number of likely N-dealkylation sites (tertiary alicyclic amines) is 1. The van der Waals surface area contributed by atoms with E-state index in [9.17, 15) is 19.8 Å². The summed E-state index contributed by atoms with van der Waals surface area (Å²) in [6, 6.07) is 7.06. The monoisotopic (exact) mass is 378 g/mol. The Morgan fingerprint density at radius 1 is 1.38 bits per heavy atom. The van der Waals surface area contributed by atoms with Gasteiger partial charge in [0.05, 0.1) is 18.4 Å². The fourth-order valence-corrected chi connectivity index (χ4v) is 4.13. The van der Waals surface area contributed by atoms with Crippen LogP contribution in [0.5, 0.6) is 0 Å². The molecule has 0 aliphatic carbocycles. The van der Waals surface area contributed by atoms with Crippen LogP contribution in [0.15, 0.2) is 24.3 Å². The number of nitrogens with zero attached hydrogens (tertiary/aromatic N) is 1. The summed E-state index contributed by atoms with van der Waals surface area (Å²) in [6.45, 7) is 2.47. The number of esters is 1. The molecule has 1 fully saturated rings. The summed E-state index contributed by atoms with van der Waals surface area (Å²) in [7, 11) is 0. The van der Waals surface area contributed by atoms with Gasteiger partial charge in [0.2, 0.25) is 0 Å². The molecule has 1 aliphatic rings. The predicted molar refractivity (Wildman–Crippen MR) is 99.6 cm³/mol. The first-order valence-corrected chi connectivity index (χ1v) is 9.40. The molecule has 1 saturated heterocycles. The summed E-state index contributed by atoms with van der Waals surface area (Å²) in [5.41, 5.74) is 0.438. The van der Waals surface area contributed by atoms with Gasteiger partial charge in [-0.25, -0.2) is 9.59 Å². The molecule has 1 aliphatic heterocycles. The molecule has 2 atom stereocenters. The molecule has 2 heterocycles. The highest BCUT2D eigenvalue weighted by molar-refractivity contribution is 7.21. The highest BCUT2D eigenvalue weighted by atomic mass is 32.1. The minimum atomic E-state index is -0.761. The van der Waals surface area contributed by atoms with Crippen molar-refractivity contribution < 1.29 is 24.5 Å². The zero-order chi connectivity index (χ0) is 18.7. The summed E-state index contributed by atoms with van der Waals surface area (Å²) < 4.78 is 5.99. The first kappa shape index (κ1) is 18.6. The molecule has 7 nitrogen and oxygen atoms in total. The Kier molecular flexibility index (Phi) is 5.75. The summed E-state index contributed by atoms with van der Waals surface area (Å²) in [5, 5.41) is 22.9. The van der Waals surface area contributed by atoms with Crippen LogP contribution in [-0.2, 0) is 4.74 Å². The molecular weight excluding hydrogens is 356 g/mol. The van der Waals surface area contributed by atoms with Gasteiger partial charge in [-0.15, -0.1) is 11.3 Å². The van der Waals surface area contributed by atoms with E-state index in [4.69, 9.17) is 4.74 Å². The van der Waals surface area contributed by atoms with Gasteiger partial charge < -0.3 is 25.2 Å². The quantitative estimate of drug-likeness (QED) is 0.709. The van der Waals surface area contributed by atoms with E-state index in [1.54, 1.807) is 6.92 Å². The molecule has 2 aromatic rings. The van der Waals surface area contributed by atoms with Gasteiger partial charge in [0.15, 0.2) is 0 Å². The van der Waals surface area contributed by atoms with E-state index >= 15 is 0 Å². The van der Waals surface area contributed by atoms with E-state index in [1.165, 1.54) is 16.2 Å². The summed E-state index contributed by atoms with van der Waals surface area (Å²) in [5.74, 6) is -0.681. The number of urea groups is 1. The van der Waals surface area contributed by atoms with Crippen LogP contribution in [0.2, 0.25) is 0 Å². The van der Waals surface area contributed by atoms with Gasteiger partial charge in [-0.1, -0.05) is 18.2 Å². The van der Waals surface area contributed by atoms with Crippen molar-refractivity contribution in [3.8, 4) is 0 Å². The highest BCUT2D eigenvalue weighted by Crippen LogP contribution is 2.36. The Morgan fingerprint density at radius 2 is 2.15 bits per heavy atom. The summed E-state index contributed by atoms with van der Waals surface area (Å²) >= 11 is 1.27. The van der Waals surface area contributed by atoms with Crippen LogP contribution in [0.25, 0.3) is 10.1 Å². The fraction of sp³-hybridized carbons (Fsp3) is 0.444. The van der Waals surface area contributed by atoms with Crippen LogP contribution >= 0.6 is 11.3 Å². The molecule has 0 radical (unpaired) electrons. The minimum Gasteiger partial charge on any atom is -0.462 e. The smallest absolute Gasteiger partial charge is 0.350 e. The Labute approximate surface area is 155 Å². The van der Waals surface area contributed by atoms with Crippen molar-refractivity contribution in [1.29, 1.82) is 0 Å². The lowest BCUT2D eigenvalue weighted by Gasteiger charge is -2.35. The number of thiophene rings is 1. The van der Waals surface area contributed by atoms with Crippen molar-refractivity contribution in [3.05, 3.63) is 29.1 Å². The molecule has 0 saturated carbocycles. The molecule has 1 aromatic heterocycles. The van der Waals surface area contributed by atoms with Gasteiger partial charge in [-0.2, -0.15) is 0 Å². The van der Waals surface area contributed by atoms with Crippen LogP contribution in [0.4, 0.5) is 10.5 Å². The third kappa shape index (κ3) is 3.67. The number of hydrogen-bond acceptors (Lipinski definition) is 6. The zero-order valence-electron chi connectivity index (χ0n) is 14.5. The lowest BCUT2D eigenvalue weighted by Crippen LogP contribution is -2.49. The molecule has 3 rings (SSSR count). The molecule has 2 amide bonds. The van der Waals surface area contributed by atoms with Gasteiger partial charge >= 0.3 is 12.0 Å². The maximum Gasteiger partial charge on any atom is 0.350 e. The Balaban J connectivity index is 1.84. The summed E-state index contributed by atoms with van der Waals surface area (Å²) in [6.07, 6.45) is -0.233. The largest absolute Gasteiger partial charge is 0.462 e. The van der Waals surface area contributed by atoms with E-state index in [0.717, 1.165) is 10.1 Å². The maximum atomic E-state index is 12.7. The third-order valence-corrected chi connectivity index (χ3v) is 5.68. The molecule has 140 valence electrons. The highest BCUT2D eigenvalue weighted by Gasteiger charge is 2.31. The van der Waals surface area contributed by atoms with Gasteiger partial charge in [0.1, 0.15) is 4.88 Å². The molecule has 0 bridgehead atoms. The number of anilines is 1. The van der Waals surface area contributed by atoms with Crippen LogP contribution in [0, 0.1) is 5.92 Å². The average Bonchev–Trinajstić information content (AvgIpc) is 3.00.